The third kappa shape index (κ3) is 4.94. The average Bonchev–Trinajstić information content (AvgIpc) is 2.33. The van der Waals surface area contributed by atoms with E-state index in [4.69, 9.17) is 33.4 Å². The number of carboxylic acids is 1. The summed E-state index contributed by atoms with van der Waals surface area (Å²) in [5, 5.41) is 22.7. The highest BCUT2D eigenvalue weighted by Gasteiger charge is 2.19. The van der Waals surface area contributed by atoms with Crippen molar-refractivity contribution in [3.05, 3.63) is 28.2 Å². The van der Waals surface area contributed by atoms with Crippen LogP contribution in [0.3, 0.4) is 0 Å². The van der Waals surface area contributed by atoms with Crippen LogP contribution in [-0.4, -0.2) is 34.9 Å². The van der Waals surface area contributed by atoms with E-state index in [1.165, 1.54) is 12.1 Å². The molecule has 19 heavy (non-hydrogen) atoms. The summed E-state index contributed by atoms with van der Waals surface area (Å²) in [5.74, 6) is -1.23. The SMILES string of the molecule is O=C(Nc1cc(Cl)ccc1Cl)N[C@@H](CCO)C(=O)O. The Balaban J connectivity index is 2.68. The van der Waals surface area contributed by atoms with Gasteiger partial charge in [0, 0.05) is 18.1 Å². The highest BCUT2D eigenvalue weighted by atomic mass is 35.5. The van der Waals surface area contributed by atoms with Crippen molar-refractivity contribution in [2.24, 2.45) is 0 Å². The van der Waals surface area contributed by atoms with Crippen molar-refractivity contribution in [1.29, 1.82) is 0 Å². The fraction of sp³-hybridized carbons (Fsp3) is 0.273. The van der Waals surface area contributed by atoms with Gasteiger partial charge in [0.15, 0.2) is 0 Å². The number of nitrogens with one attached hydrogen (secondary N) is 2. The topological polar surface area (TPSA) is 98.7 Å². The van der Waals surface area contributed by atoms with Gasteiger partial charge in [-0.05, 0) is 18.2 Å². The summed E-state index contributed by atoms with van der Waals surface area (Å²) in [7, 11) is 0. The van der Waals surface area contributed by atoms with Crippen molar-refractivity contribution in [1.82, 2.24) is 5.32 Å². The fourth-order valence-electron chi connectivity index (χ4n) is 1.30. The first-order valence-electron chi connectivity index (χ1n) is 5.30. The number of carboxylic acid groups (broad SMARTS) is 1. The van der Waals surface area contributed by atoms with Crippen LogP contribution in [0.4, 0.5) is 10.5 Å². The van der Waals surface area contributed by atoms with Crippen molar-refractivity contribution < 1.29 is 19.8 Å². The van der Waals surface area contributed by atoms with E-state index in [0.717, 1.165) is 0 Å². The van der Waals surface area contributed by atoms with Gasteiger partial charge < -0.3 is 20.8 Å². The van der Waals surface area contributed by atoms with E-state index in [2.05, 4.69) is 10.6 Å². The molecule has 0 aromatic heterocycles. The minimum absolute atomic E-state index is 0.0912. The maximum Gasteiger partial charge on any atom is 0.326 e. The van der Waals surface area contributed by atoms with Gasteiger partial charge in [-0.2, -0.15) is 0 Å². The quantitative estimate of drug-likeness (QED) is 0.668. The van der Waals surface area contributed by atoms with Crippen molar-refractivity contribution in [3.63, 3.8) is 0 Å². The number of rotatable bonds is 5. The number of carbonyl (C=O) groups excluding carboxylic acids is 1. The molecule has 104 valence electrons. The molecule has 6 nitrogen and oxygen atoms in total. The molecule has 0 aliphatic carbocycles. The Morgan fingerprint density at radius 3 is 2.58 bits per heavy atom. The lowest BCUT2D eigenvalue weighted by Crippen LogP contribution is -2.43. The number of hydrogen-bond donors (Lipinski definition) is 4. The summed E-state index contributed by atoms with van der Waals surface area (Å²) in [6, 6.07) is 2.57. The zero-order chi connectivity index (χ0) is 14.4. The number of carbonyl (C=O) groups is 2. The van der Waals surface area contributed by atoms with Gasteiger partial charge in [0.2, 0.25) is 0 Å². The number of aliphatic hydroxyl groups is 1. The van der Waals surface area contributed by atoms with E-state index in [1.807, 2.05) is 0 Å². The predicted octanol–water partition coefficient (Wildman–Crippen LogP) is 1.95. The van der Waals surface area contributed by atoms with Crippen molar-refractivity contribution in [2.75, 3.05) is 11.9 Å². The maximum absolute atomic E-state index is 11.6. The molecule has 0 radical (unpaired) electrons. The predicted molar refractivity (Wildman–Crippen MR) is 71.7 cm³/mol. The van der Waals surface area contributed by atoms with Gasteiger partial charge in [0.25, 0.3) is 0 Å². The Hall–Kier alpha value is -1.50. The van der Waals surface area contributed by atoms with Gasteiger partial charge >= 0.3 is 12.0 Å². The van der Waals surface area contributed by atoms with Crippen LogP contribution in [0.15, 0.2) is 18.2 Å². The summed E-state index contributed by atoms with van der Waals surface area (Å²) in [4.78, 5) is 22.4. The van der Waals surface area contributed by atoms with Crippen molar-refractivity contribution in [3.8, 4) is 0 Å². The second-order valence-electron chi connectivity index (χ2n) is 3.63. The first-order chi connectivity index (χ1) is 8.93. The van der Waals surface area contributed by atoms with Gasteiger partial charge in [-0.25, -0.2) is 9.59 Å². The number of urea groups is 1. The second kappa shape index (κ2) is 7.18. The molecule has 0 unspecified atom stereocenters. The van der Waals surface area contributed by atoms with Gasteiger partial charge in [-0.3, -0.25) is 0 Å². The minimum Gasteiger partial charge on any atom is -0.480 e. The molecule has 1 aromatic carbocycles. The van der Waals surface area contributed by atoms with Crippen molar-refractivity contribution >= 4 is 40.9 Å². The molecule has 0 fully saturated rings. The van der Waals surface area contributed by atoms with Crippen LogP contribution in [0.1, 0.15) is 6.42 Å². The summed E-state index contributed by atoms with van der Waals surface area (Å²) in [6.45, 7) is -0.352. The average molecular weight is 307 g/mol. The molecular weight excluding hydrogens is 295 g/mol. The van der Waals surface area contributed by atoms with Gasteiger partial charge in [0.1, 0.15) is 6.04 Å². The molecule has 0 aliphatic heterocycles. The number of halogens is 2. The Bertz CT molecular complexity index is 482. The standard InChI is InChI=1S/C11H12Cl2N2O4/c12-6-1-2-7(13)9(5-6)15-11(19)14-8(3-4-16)10(17)18/h1-2,5,8,16H,3-4H2,(H,17,18)(H2,14,15,19)/t8-/m0/s1. The summed E-state index contributed by atoms with van der Waals surface area (Å²) >= 11 is 11.6. The van der Waals surface area contributed by atoms with E-state index in [0.29, 0.717) is 5.02 Å². The van der Waals surface area contributed by atoms with E-state index < -0.39 is 18.0 Å². The van der Waals surface area contributed by atoms with E-state index in [1.54, 1.807) is 6.07 Å². The molecule has 2 amide bonds. The molecule has 1 atom stereocenters. The molecular formula is C11H12Cl2N2O4. The zero-order valence-corrected chi connectivity index (χ0v) is 11.2. The first-order valence-corrected chi connectivity index (χ1v) is 6.06. The highest BCUT2D eigenvalue weighted by Crippen LogP contribution is 2.25. The monoisotopic (exact) mass is 306 g/mol. The van der Waals surface area contributed by atoms with Gasteiger partial charge in [-0.15, -0.1) is 0 Å². The Labute approximate surface area is 119 Å². The molecule has 4 N–H and O–H groups in total. The summed E-state index contributed by atoms with van der Waals surface area (Å²) in [6.07, 6.45) is -0.0912. The normalized spacial score (nSPS) is 11.7. The van der Waals surface area contributed by atoms with E-state index in [9.17, 15) is 9.59 Å². The number of aliphatic hydroxyl groups excluding tert-OH is 1. The largest absolute Gasteiger partial charge is 0.480 e. The Morgan fingerprint density at radius 2 is 2.00 bits per heavy atom. The molecule has 0 heterocycles. The number of hydrogen-bond acceptors (Lipinski definition) is 3. The van der Waals surface area contributed by atoms with Gasteiger partial charge in [-0.1, -0.05) is 23.2 Å². The summed E-state index contributed by atoms with van der Waals surface area (Å²) < 4.78 is 0. The maximum atomic E-state index is 11.6. The van der Waals surface area contributed by atoms with E-state index >= 15 is 0 Å². The molecule has 0 spiro atoms. The van der Waals surface area contributed by atoms with Gasteiger partial charge in [0.05, 0.1) is 10.7 Å². The van der Waals surface area contributed by atoms with Crippen LogP contribution in [0.5, 0.6) is 0 Å². The fourth-order valence-corrected chi connectivity index (χ4v) is 1.63. The number of benzene rings is 1. The summed E-state index contributed by atoms with van der Waals surface area (Å²) in [5.41, 5.74) is 0.264. The first kappa shape index (κ1) is 15.6. The molecule has 0 saturated heterocycles. The van der Waals surface area contributed by atoms with Crippen LogP contribution >= 0.6 is 23.2 Å². The lowest BCUT2D eigenvalue weighted by Gasteiger charge is -2.14. The number of anilines is 1. The lowest BCUT2D eigenvalue weighted by molar-refractivity contribution is -0.139. The van der Waals surface area contributed by atoms with Crippen LogP contribution in [-0.2, 0) is 4.79 Å². The minimum atomic E-state index is -1.23. The molecule has 0 saturated carbocycles. The molecule has 8 heteroatoms. The van der Waals surface area contributed by atoms with Crippen molar-refractivity contribution in [2.45, 2.75) is 12.5 Å². The second-order valence-corrected chi connectivity index (χ2v) is 4.47. The number of aliphatic carboxylic acids is 1. The van der Waals surface area contributed by atoms with Crippen LogP contribution in [0.25, 0.3) is 0 Å². The molecule has 1 rings (SSSR count). The zero-order valence-electron chi connectivity index (χ0n) is 9.69. The van der Waals surface area contributed by atoms with Crippen LogP contribution in [0.2, 0.25) is 10.0 Å². The van der Waals surface area contributed by atoms with Crippen LogP contribution < -0.4 is 10.6 Å². The molecule has 0 bridgehead atoms. The Morgan fingerprint density at radius 1 is 1.32 bits per heavy atom. The Kier molecular flexibility index (Phi) is 5.88. The number of amides is 2. The molecule has 0 aliphatic rings. The molecule has 1 aromatic rings. The lowest BCUT2D eigenvalue weighted by atomic mass is 10.2. The highest BCUT2D eigenvalue weighted by molar-refractivity contribution is 6.35. The van der Waals surface area contributed by atoms with Crippen LogP contribution in [0, 0.1) is 0 Å². The smallest absolute Gasteiger partial charge is 0.326 e. The third-order valence-electron chi connectivity index (χ3n) is 2.20. The van der Waals surface area contributed by atoms with E-state index in [-0.39, 0.29) is 23.7 Å². The third-order valence-corrected chi connectivity index (χ3v) is 2.76.